The summed E-state index contributed by atoms with van der Waals surface area (Å²) in [5.41, 5.74) is 4.12. The maximum atomic E-state index is 14.2. The first-order valence-electron chi connectivity index (χ1n) is 7.84. The number of halogens is 1. The Labute approximate surface area is 138 Å². The lowest BCUT2D eigenvalue weighted by atomic mass is 10.1. The Balaban J connectivity index is 1.77. The number of anilines is 1. The van der Waals surface area contributed by atoms with Gasteiger partial charge in [-0.15, -0.1) is 0 Å². The van der Waals surface area contributed by atoms with Crippen LogP contribution in [-0.2, 0) is 4.74 Å². The van der Waals surface area contributed by atoms with Crippen LogP contribution >= 0.6 is 0 Å². The Bertz CT molecular complexity index is 932. The summed E-state index contributed by atoms with van der Waals surface area (Å²) in [4.78, 5) is 8.85. The molecular formula is C18H17FN4O. The smallest absolute Gasteiger partial charge is 0.234 e. The number of ether oxygens (including phenoxy) is 1. The number of hydrogen-bond donors (Lipinski definition) is 1. The molecule has 2 aromatic heterocycles. The lowest BCUT2D eigenvalue weighted by Crippen LogP contribution is -2.04. The normalized spacial score (nSPS) is 14.7. The number of nitrogens with zero attached hydrogens (tertiary/aromatic N) is 3. The third kappa shape index (κ3) is 2.65. The lowest BCUT2D eigenvalue weighted by molar-refractivity contribution is 0.161. The summed E-state index contributed by atoms with van der Waals surface area (Å²) in [7, 11) is 1.80. The molecule has 0 spiro atoms. The van der Waals surface area contributed by atoms with E-state index >= 15 is 0 Å². The van der Waals surface area contributed by atoms with Crippen LogP contribution in [0.15, 0.2) is 42.9 Å². The zero-order chi connectivity index (χ0) is 16.5. The van der Waals surface area contributed by atoms with Gasteiger partial charge < -0.3 is 10.1 Å². The number of imidazole rings is 1. The molecule has 24 heavy (non-hydrogen) atoms. The average molecular weight is 324 g/mol. The molecule has 0 radical (unpaired) electrons. The minimum Gasteiger partial charge on any atom is -0.388 e. The number of fused-ring (bicyclic) bond motifs is 1. The highest BCUT2D eigenvalue weighted by Crippen LogP contribution is 2.26. The third-order valence-corrected chi connectivity index (χ3v) is 4.18. The van der Waals surface area contributed by atoms with Crippen molar-refractivity contribution in [1.29, 1.82) is 0 Å². The molecule has 0 fully saturated rings. The highest BCUT2D eigenvalue weighted by Gasteiger charge is 2.13. The minimum absolute atomic E-state index is 0.301. The second-order valence-corrected chi connectivity index (χ2v) is 5.67. The van der Waals surface area contributed by atoms with Crippen molar-refractivity contribution in [1.82, 2.24) is 14.4 Å². The average Bonchev–Trinajstić information content (AvgIpc) is 3.06. The molecule has 0 bridgehead atoms. The van der Waals surface area contributed by atoms with Crippen molar-refractivity contribution in [2.75, 3.05) is 25.6 Å². The predicted molar refractivity (Wildman–Crippen MR) is 91.3 cm³/mol. The molecular weight excluding hydrogens is 307 g/mol. The third-order valence-electron chi connectivity index (χ3n) is 4.18. The number of benzene rings is 1. The Morgan fingerprint density at radius 3 is 3.00 bits per heavy atom. The fraction of sp³-hybridized carbons (Fsp3) is 0.222. The first-order chi connectivity index (χ1) is 11.7. The van der Waals surface area contributed by atoms with Crippen LogP contribution in [0.1, 0.15) is 12.0 Å². The molecule has 5 nitrogen and oxygen atoms in total. The van der Waals surface area contributed by atoms with Crippen LogP contribution in [0.25, 0.3) is 22.6 Å². The first-order valence-corrected chi connectivity index (χ1v) is 7.84. The molecule has 1 N–H and O–H groups in total. The first kappa shape index (κ1) is 14.8. The monoisotopic (exact) mass is 324 g/mol. The van der Waals surface area contributed by atoms with Crippen molar-refractivity contribution in [3.63, 3.8) is 0 Å². The van der Waals surface area contributed by atoms with Crippen LogP contribution in [0.4, 0.5) is 10.1 Å². The van der Waals surface area contributed by atoms with Gasteiger partial charge in [-0.3, -0.25) is 4.40 Å². The molecule has 0 saturated carbocycles. The summed E-state index contributed by atoms with van der Waals surface area (Å²) >= 11 is 0. The van der Waals surface area contributed by atoms with Gasteiger partial charge in [-0.1, -0.05) is 6.08 Å². The molecule has 0 unspecified atom stereocenters. The minimum atomic E-state index is -0.301. The maximum absolute atomic E-state index is 14.2. The van der Waals surface area contributed by atoms with E-state index in [1.54, 1.807) is 19.2 Å². The van der Waals surface area contributed by atoms with E-state index in [1.165, 1.54) is 11.6 Å². The van der Waals surface area contributed by atoms with Gasteiger partial charge in [0.05, 0.1) is 18.9 Å². The van der Waals surface area contributed by atoms with E-state index in [-0.39, 0.29) is 5.82 Å². The van der Waals surface area contributed by atoms with Crippen LogP contribution in [-0.4, -0.2) is 34.6 Å². The molecule has 0 amide bonds. The molecule has 122 valence electrons. The summed E-state index contributed by atoms with van der Waals surface area (Å²) in [6.45, 7) is 1.35. The van der Waals surface area contributed by atoms with Crippen LogP contribution in [0.5, 0.6) is 0 Å². The lowest BCUT2D eigenvalue weighted by Gasteiger charge is -2.13. The van der Waals surface area contributed by atoms with E-state index < -0.39 is 0 Å². The quantitative estimate of drug-likeness (QED) is 0.802. The van der Waals surface area contributed by atoms with Crippen molar-refractivity contribution < 1.29 is 9.13 Å². The van der Waals surface area contributed by atoms with E-state index in [1.807, 2.05) is 23.0 Å². The van der Waals surface area contributed by atoms with Crippen LogP contribution < -0.4 is 5.32 Å². The Morgan fingerprint density at radius 2 is 2.21 bits per heavy atom. The van der Waals surface area contributed by atoms with E-state index in [0.29, 0.717) is 23.6 Å². The number of hydrogen-bond acceptors (Lipinski definition) is 4. The van der Waals surface area contributed by atoms with E-state index in [0.717, 1.165) is 24.3 Å². The van der Waals surface area contributed by atoms with Gasteiger partial charge in [0, 0.05) is 42.5 Å². The van der Waals surface area contributed by atoms with E-state index in [4.69, 9.17) is 4.74 Å². The largest absolute Gasteiger partial charge is 0.388 e. The summed E-state index contributed by atoms with van der Waals surface area (Å²) in [5, 5.41) is 3.01. The van der Waals surface area contributed by atoms with Crippen molar-refractivity contribution in [2.45, 2.75) is 6.42 Å². The van der Waals surface area contributed by atoms with Gasteiger partial charge in [0.2, 0.25) is 5.78 Å². The summed E-state index contributed by atoms with van der Waals surface area (Å²) in [5.74, 6) is 0.250. The standard InChI is InChI=1S/C18H17FN4O/c1-20-14-2-3-16(19)15(8-14)17-11-23-10-13(9-21-18(23)22-17)12-4-6-24-7-5-12/h2-4,8-11,20H,5-7H2,1H3. The van der Waals surface area contributed by atoms with Gasteiger partial charge in [-0.2, -0.15) is 0 Å². The molecule has 4 rings (SSSR count). The number of aromatic nitrogens is 3. The molecule has 1 aliphatic heterocycles. The Morgan fingerprint density at radius 1 is 1.29 bits per heavy atom. The molecule has 0 aliphatic carbocycles. The van der Waals surface area contributed by atoms with Crippen LogP contribution in [0.2, 0.25) is 0 Å². The van der Waals surface area contributed by atoms with Crippen molar-refractivity contribution in [2.24, 2.45) is 0 Å². The predicted octanol–water partition coefficient (Wildman–Crippen LogP) is 3.38. The van der Waals surface area contributed by atoms with Gasteiger partial charge in [0.1, 0.15) is 5.82 Å². The molecule has 3 aromatic rings. The van der Waals surface area contributed by atoms with E-state index in [2.05, 4.69) is 21.4 Å². The van der Waals surface area contributed by atoms with Crippen molar-refractivity contribution in [3.05, 3.63) is 54.2 Å². The number of nitrogens with one attached hydrogen (secondary N) is 1. The Kier molecular flexibility index (Phi) is 3.74. The van der Waals surface area contributed by atoms with Gasteiger partial charge in [-0.25, -0.2) is 14.4 Å². The summed E-state index contributed by atoms with van der Waals surface area (Å²) < 4.78 is 21.4. The fourth-order valence-electron chi connectivity index (χ4n) is 2.85. The highest BCUT2D eigenvalue weighted by molar-refractivity contribution is 5.69. The molecule has 1 aliphatic rings. The van der Waals surface area contributed by atoms with E-state index in [9.17, 15) is 4.39 Å². The topological polar surface area (TPSA) is 51.5 Å². The number of rotatable bonds is 3. The second-order valence-electron chi connectivity index (χ2n) is 5.67. The zero-order valence-electron chi connectivity index (χ0n) is 13.3. The molecule has 3 heterocycles. The SMILES string of the molecule is CNc1ccc(F)c(-c2cn3cc(C4=CCOCC4)cnc3n2)c1. The highest BCUT2D eigenvalue weighted by atomic mass is 19.1. The fourth-order valence-corrected chi connectivity index (χ4v) is 2.85. The second kappa shape index (κ2) is 6.05. The molecule has 6 heteroatoms. The van der Waals surface area contributed by atoms with Crippen LogP contribution in [0, 0.1) is 5.82 Å². The molecule has 0 saturated heterocycles. The van der Waals surface area contributed by atoms with Gasteiger partial charge in [0.25, 0.3) is 0 Å². The van der Waals surface area contributed by atoms with Gasteiger partial charge in [0.15, 0.2) is 0 Å². The Hall–Kier alpha value is -2.73. The van der Waals surface area contributed by atoms with Gasteiger partial charge in [-0.05, 0) is 30.2 Å². The van der Waals surface area contributed by atoms with Crippen LogP contribution in [0.3, 0.4) is 0 Å². The van der Waals surface area contributed by atoms with Crippen molar-refractivity contribution >= 4 is 17.0 Å². The maximum Gasteiger partial charge on any atom is 0.234 e. The molecule has 0 atom stereocenters. The zero-order valence-corrected chi connectivity index (χ0v) is 13.3. The van der Waals surface area contributed by atoms with Gasteiger partial charge >= 0.3 is 0 Å². The van der Waals surface area contributed by atoms with Crippen molar-refractivity contribution in [3.8, 4) is 11.3 Å². The molecule has 1 aromatic carbocycles. The summed E-state index contributed by atoms with van der Waals surface area (Å²) in [6, 6.07) is 4.89. The summed E-state index contributed by atoms with van der Waals surface area (Å²) in [6.07, 6.45) is 8.54.